The Bertz CT molecular complexity index is 412. The molecule has 1 aromatic rings. The van der Waals surface area contributed by atoms with E-state index < -0.39 is 23.6 Å². The zero-order valence-electron chi connectivity index (χ0n) is 11.3. The first-order chi connectivity index (χ1) is 8.77. The van der Waals surface area contributed by atoms with Crippen molar-refractivity contribution in [1.82, 2.24) is 5.32 Å². The van der Waals surface area contributed by atoms with E-state index in [2.05, 4.69) is 5.32 Å². The Balaban J connectivity index is 3.23. The second kappa shape index (κ2) is 6.37. The second-order valence-corrected chi connectivity index (χ2v) is 4.91. The van der Waals surface area contributed by atoms with Crippen LogP contribution in [0.4, 0.5) is 17.6 Å². The lowest BCUT2D eigenvalue weighted by Crippen LogP contribution is -2.29. The average Bonchev–Trinajstić information content (AvgIpc) is 2.27. The molecule has 5 heteroatoms. The van der Waals surface area contributed by atoms with Gasteiger partial charge in [0.25, 0.3) is 0 Å². The van der Waals surface area contributed by atoms with Gasteiger partial charge in [-0.1, -0.05) is 20.8 Å². The quantitative estimate of drug-likeness (QED) is 0.779. The number of hydrogen-bond acceptors (Lipinski definition) is 1. The predicted molar refractivity (Wildman–Crippen MR) is 67.3 cm³/mol. The third-order valence-electron chi connectivity index (χ3n) is 2.93. The molecule has 1 nitrogen and oxygen atoms in total. The van der Waals surface area contributed by atoms with Gasteiger partial charge in [0.15, 0.2) is 0 Å². The standard InChI is InChI=1S/C14H19F4N/c1-4-7-19-13(9(2)3)11-8-10(15)5-6-12(11)14(16,17)18/h5-6,8-9,13,19H,4,7H2,1-3H3. The first-order valence-corrected chi connectivity index (χ1v) is 6.37. The van der Waals surface area contributed by atoms with Gasteiger partial charge in [-0.25, -0.2) is 4.39 Å². The van der Waals surface area contributed by atoms with Crippen LogP contribution in [0.3, 0.4) is 0 Å². The van der Waals surface area contributed by atoms with Crippen LogP contribution in [0.5, 0.6) is 0 Å². The molecule has 108 valence electrons. The van der Waals surface area contributed by atoms with E-state index >= 15 is 0 Å². The second-order valence-electron chi connectivity index (χ2n) is 4.91. The van der Waals surface area contributed by atoms with Gasteiger partial charge in [-0.2, -0.15) is 13.2 Å². The summed E-state index contributed by atoms with van der Waals surface area (Å²) in [5, 5.41) is 3.06. The summed E-state index contributed by atoms with van der Waals surface area (Å²) < 4.78 is 52.2. The van der Waals surface area contributed by atoms with E-state index in [1.165, 1.54) is 0 Å². The Morgan fingerprint density at radius 3 is 2.32 bits per heavy atom. The normalized spacial score (nSPS) is 13.9. The minimum atomic E-state index is -4.47. The molecule has 1 unspecified atom stereocenters. The van der Waals surface area contributed by atoms with Crippen molar-refractivity contribution in [3.63, 3.8) is 0 Å². The van der Waals surface area contributed by atoms with Crippen LogP contribution >= 0.6 is 0 Å². The van der Waals surface area contributed by atoms with Gasteiger partial charge in [0, 0.05) is 6.04 Å². The van der Waals surface area contributed by atoms with Crippen LogP contribution in [0.1, 0.15) is 44.4 Å². The summed E-state index contributed by atoms with van der Waals surface area (Å²) in [5.74, 6) is -0.707. The number of rotatable bonds is 5. The van der Waals surface area contributed by atoms with Crippen LogP contribution in [0.15, 0.2) is 18.2 Å². The molecule has 1 N–H and O–H groups in total. The van der Waals surface area contributed by atoms with Crippen molar-refractivity contribution in [2.24, 2.45) is 5.92 Å². The molecule has 0 bridgehead atoms. The van der Waals surface area contributed by atoms with Crippen molar-refractivity contribution in [3.05, 3.63) is 35.1 Å². The van der Waals surface area contributed by atoms with Gasteiger partial charge in [-0.3, -0.25) is 0 Å². The van der Waals surface area contributed by atoms with E-state index in [0.29, 0.717) is 6.54 Å². The number of benzene rings is 1. The van der Waals surface area contributed by atoms with Crippen molar-refractivity contribution < 1.29 is 17.6 Å². The molecule has 0 saturated carbocycles. The van der Waals surface area contributed by atoms with Gasteiger partial charge in [0.2, 0.25) is 0 Å². The lowest BCUT2D eigenvalue weighted by molar-refractivity contribution is -0.138. The van der Waals surface area contributed by atoms with Crippen LogP contribution in [0.2, 0.25) is 0 Å². The van der Waals surface area contributed by atoms with E-state index in [-0.39, 0.29) is 11.5 Å². The number of hydrogen-bond donors (Lipinski definition) is 1. The highest BCUT2D eigenvalue weighted by molar-refractivity contribution is 5.33. The number of halogens is 4. The maximum absolute atomic E-state index is 13.3. The predicted octanol–water partition coefficient (Wildman–Crippen LogP) is 4.54. The topological polar surface area (TPSA) is 12.0 Å². The van der Waals surface area contributed by atoms with Crippen molar-refractivity contribution in [1.29, 1.82) is 0 Å². The van der Waals surface area contributed by atoms with Gasteiger partial charge in [-0.15, -0.1) is 0 Å². The molecule has 0 aromatic heterocycles. The first-order valence-electron chi connectivity index (χ1n) is 6.37. The summed E-state index contributed by atoms with van der Waals surface area (Å²) in [6, 6.07) is 2.14. The Labute approximate surface area is 111 Å². The summed E-state index contributed by atoms with van der Waals surface area (Å²) in [5.41, 5.74) is -0.785. The Hall–Kier alpha value is -1.10. The molecule has 19 heavy (non-hydrogen) atoms. The highest BCUT2D eigenvalue weighted by Crippen LogP contribution is 2.37. The van der Waals surface area contributed by atoms with E-state index in [9.17, 15) is 17.6 Å². The third-order valence-corrected chi connectivity index (χ3v) is 2.93. The molecular weight excluding hydrogens is 258 g/mol. The smallest absolute Gasteiger partial charge is 0.310 e. The summed E-state index contributed by atoms with van der Waals surface area (Å²) in [6.45, 7) is 6.16. The molecule has 0 spiro atoms. The van der Waals surface area contributed by atoms with Gasteiger partial charge in [0.1, 0.15) is 5.82 Å². The molecule has 0 radical (unpaired) electrons. The van der Waals surface area contributed by atoms with Crippen LogP contribution in [0, 0.1) is 11.7 Å². The number of alkyl halides is 3. The summed E-state index contributed by atoms with van der Waals surface area (Å²) >= 11 is 0. The van der Waals surface area contributed by atoms with Crippen LogP contribution in [0.25, 0.3) is 0 Å². The molecule has 1 aromatic carbocycles. The van der Waals surface area contributed by atoms with Gasteiger partial charge < -0.3 is 5.32 Å². The molecule has 0 saturated heterocycles. The molecule has 1 rings (SSSR count). The van der Waals surface area contributed by atoms with Crippen molar-refractivity contribution >= 4 is 0 Å². The van der Waals surface area contributed by atoms with E-state index in [1.807, 2.05) is 20.8 Å². The maximum Gasteiger partial charge on any atom is 0.416 e. The Morgan fingerprint density at radius 1 is 1.21 bits per heavy atom. The summed E-state index contributed by atoms with van der Waals surface area (Å²) in [7, 11) is 0. The van der Waals surface area contributed by atoms with E-state index in [0.717, 1.165) is 24.6 Å². The van der Waals surface area contributed by atoms with Crippen molar-refractivity contribution in [2.45, 2.75) is 39.4 Å². The van der Waals surface area contributed by atoms with Crippen LogP contribution in [-0.2, 0) is 6.18 Å². The highest BCUT2D eigenvalue weighted by Gasteiger charge is 2.35. The fourth-order valence-electron chi connectivity index (χ4n) is 2.05. The molecular formula is C14H19F4N. The SMILES string of the molecule is CCCNC(c1cc(F)ccc1C(F)(F)F)C(C)C. The maximum atomic E-state index is 13.3. The molecule has 0 heterocycles. The van der Waals surface area contributed by atoms with Crippen molar-refractivity contribution in [2.75, 3.05) is 6.54 Å². The molecule has 0 aliphatic carbocycles. The summed E-state index contributed by atoms with van der Waals surface area (Å²) in [6.07, 6.45) is -3.66. The fraction of sp³-hybridized carbons (Fsp3) is 0.571. The minimum absolute atomic E-state index is 0.0176. The molecule has 0 aliphatic rings. The van der Waals surface area contributed by atoms with Crippen molar-refractivity contribution in [3.8, 4) is 0 Å². The largest absolute Gasteiger partial charge is 0.416 e. The Kier molecular flexibility index (Phi) is 5.35. The molecule has 0 fully saturated rings. The monoisotopic (exact) mass is 277 g/mol. The van der Waals surface area contributed by atoms with Crippen LogP contribution < -0.4 is 5.32 Å². The van der Waals surface area contributed by atoms with E-state index in [1.54, 1.807) is 0 Å². The first kappa shape index (κ1) is 16.0. The number of nitrogens with one attached hydrogen (secondary N) is 1. The Morgan fingerprint density at radius 2 is 1.84 bits per heavy atom. The molecule has 0 amide bonds. The van der Waals surface area contributed by atoms with Gasteiger partial charge in [0.05, 0.1) is 5.56 Å². The zero-order valence-corrected chi connectivity index (χ0v) is 11.3. The summed E-state index contributed by atoms with van der Waals surface area (Å²) in [4.78, 5) is 0. The zero-order chi connectivity index (χ0) is 14.6. The molecule has 1 atom stereocenters. The van der Waals surface area contributed by atoms with E-state index in [4.69, 9.17) is 0 Å². The van der Waals surface area contributed by atoms with Gasteiger partial charge >= 0.3 is 6.18 Å². The lowest BCUT2D eigenvalue weighted by atomic mass is 9.91. The fourth-order valence-corrected chi connectivity index (χ4v) is 2.05. The minimum Gasteiger partial charge on any atom is -0.310 e. The average molecular weight is 277 g/mol. The highest BCUT2D eigenvalue weighted by atomic mass is 19.4. The van der Waals surface area contributed by atoms with Crippen LogP contribution in [-0.4, -0.2) is 6.54 Å². The molecule has 0 aliphatic heterocycles. The third kappa shape index (κ3) is 4.20. The lowest BCUT2D eigenvalue weighted by Gasteiger charge is -2.26. The van der Waals surface area contributed by atoms with Gasteiger partial charge in [-0.05, 0) is 42.6 Å².